The molecule has 19 heavy (non-hydrogen) atoms. The highest BCUT2D eigenvalue weighted by Crippen LogP contribution is 2.21. The minimum atomic E-state index is -0.0160. The zero-order valence-electron chi connectivity index (χ0n) is 12.1. The van der Waals surface area contributed by atoms with Gasteiger partial charge in [0, 0.05) is 32.1 Å². The first-order chi connectivity index (χ1) is 8.95. The largest absolute Gasteiger partial charge is 0.354 e. The van der Waals surface area contributed by atoms with Gasteiger partial charge in [-0.25, -0.2) is 0 Å². The molecule has 1 N–H and O–H groups in total. The Morgan fingerprint density at radius 3 is 2.47 bits per heavy atom. The van der Waals surface area contributed by atoms with E-state index in [1.165, 1.54) is 5.56 Å². The first-order valence-corrected chi connectivity index (χ1v) is 6.57. The van der Waals surface area contributed by atoms with Gasteiger partial charge in [0.05, 0.1) is 0 Å². The number of hydrogen-bond acceptors (Lipinski definition) is 2. The summed E-state index contributed by atoms with van der Waals surface area (Å²) in [6, 6.07) is 5.99. The summed E-state index contributed by atoms with van der Waals surface area (Å²) in [5, 5.41) is 2.79. The lowest BCUT2D eigenvalue weighted by molar-refractivity contribution is -0.121. The van der Waals surface area contributed by atoms with Crippen molar-refractivity contribution < 1.29 is 9.59 Å². The Kier molecular flexibility index (Phi) is 5.55. The van der Waals surface area contributed by atoms with Crippen LogP contribution in [0.2, 0.25) is 0 Å². The van der Waals surface area contributed by atoms with Crippen LogP contribution in [0.4, 0.5) is 5.69 Å². The maximum atomic E-state index is 11.7. The molecule has 0 heterocycles. The zero-order chi connectivity index (χ0) is 14.4. The van der Waals surface area contributed by atoms with Crippen LogP contribution < -0.4 is 10.2 Å². The van der Waals surface area contributed by atoms with Gasteiger partial charge < -0.3 is 10.2 Å². The standard InChI is InChI=1S/C15H22N2O2/c1-5-15(19)16-8-9-17(13(4)18)14-7-6-11(2)10-12(14)3/h6-7,10H,5,8-9H2,1-4H3,(H,16,19). The molecule has 104 valence electrons. The Hall–Kier alpha value is -1.84. The van der Waals surface area contributed by atoms with E-state index >= 15 is 0 Å². The third-order valence-corrected chi connectivity index (χ3v) is 3.00. The van der Waals surface area contributed by atoms with Gasteiger partial charge in [-0.15, -0.1) is 0 Å². The molecule has 0 saturated carbocycles. The lowest BCUT2D eigenvalue weighted by Crippen LogP contribution is -2.37. The van der Waals surface area contributed by atoms with Gasteiger partial charge in [0.15, 0.2) is 0 Å². The van der Waals surface area contributed by atoms with Gasteiger partial charge in [0.2, 0.25) is 11.8 Å². The second kappa shape index (κ2) is 6.92. The fourth-order valence-electron chi connectivity index (χ4n) is 1.99. The maximum Gasteiger partial charge on any atom is 0.223 e. The number of carbonyl (C=O) groups excluding carboxylic acids is 2. The number of aryl methyl sites for hydroxylation is 2. The van der Waals surface area contributed by atoms with Crippen LogP contribution in [0.15, 0.2) is 18.2 Å². The molecule has 0 aliphatic carbocycles. The van der Waals surface area contributed by atoms with Crippen molar-refractivity contribution >= 4 is 17.5 Å². The fourth-order valence-corrected chi connectivity index (χ4v) is 1.99. The molecule has 1 aromatic carbocycles. The number of nitrogens with zero attached hydrogens (tertiary/aromatic N) is 1. The van der Waals surface area contributed by atoms with Crippen LogP contribution >= 0.6 is 0 Å². The Morgan fingerprint density at radius 2 is 1.95 bits per heavy atom. The summed E-state index contributed by atoms with van der Waals surface area (Å²) in [5.41, 5.74) is 3.14. The number of nitrogens with one attached hydrogen (secondary N) is 1. The summed E-state index contributed by atoms with van der Waals surface area (Å²) < 4.78 is 0. The number of hydrogen-bond donors (Lipinski definition) is 1. The molecule has 0 radical (unpaired) electrons. The fraction of sp³-hybridized carbons (Fsp3) is 0.467. The van der Waals surface area contributed by atoms with Crippen LogP contribution in [-0.4, -0.2) is 24.9 Å². The lowest BCUT2D eigenvalue weighted by atomic mass is 10.1. The van der Waals surface area contributed by atoms with Crippen LogP contribution in [0.5, 0.6) is 0 Å². The number of carbonyl (C=O) groups is 2. The minimum Gasteiger partial charge on any atom is -0.354 e. The van der Waals surface area contributed by atoms with Crippen LogP contribution in [0.3, 0.4) is 0 Å². The Morgan fingerprint density at radius 1 is 1.26 bits per heavy atom. The number of anilines is 1. The van der Waals surface area contributed by atoms with Gasteiger partial charge >= 0.3 is 0 Å². The highest BCUT2D eigenvalue weighted by atomic mass is 16.2. The van der Waals surface area contributed by atoms with Crippen molar-refractivity contribution in [2.75, 3.05) is 18.0 Å². The molecule has 0 saturated heterocycles. The summed E-state index contributed by atoms with van der Waals surface area (Å²) in [6.07, 6.45) is 0.462. The molecule has 2 amide bonds. The summed E-state index contributed by atoms with van der Waals surface area (Å²) in [7, 11) is 0. The first kappa shape index (κ1) is 15.2. The molecule has 0 fully saturated rings. The molecule has 0 bridgehead atoms. The Labute approximate surface area is 114 Å². The zero-order valence-corrected chi connectivity index (χ0v) is 12.1. The van der Waals surface area contributed by atoms with Crippen LogP contribution in [0.25, 0.3) is 0 Å². The van der Waals surface area contributed by atoms with Crippen molar-refractivity contribution in [2.45, 2.75) is 34.1 Å². The molecular weight excluding hydrogens is 240 g/mol. The van der Waals surface area contributed by atoms with E-state index in [-0.39, 0.29) is 11.8 Å². The molecule has 0 aliphatic heterocycles. The molecule has 0 unspecified atom stereocenters. The first-order valence-electron chi connectivity index (χ1n) is 6.57. The number of amides is 2. The third-order valence-electron chi connectivity index (χ3n) is 3.00. The average Bonchev–Trinajstić information content (AvgIpc) is 2.35. The van der Waals surface area contributed by atoms with Gasteiger partial charge in [-0.1, -0.05) is 24.6 Å². The maximum absolute atomic E-state index is 11.7. The highest BCUT2D eigenvalue weighted by Gasteiger charge is 2.13. The van der Waals surface area contributed by atoms with Gasteiger partial charge in [-0.2, -0.15) is 0 Å². The van der Waals surface area contributed by atoms with Crippen molar-refractivity contribution in [1.82, 2.24) is 5.32 Å². The number of rotatable bonds is 5. The lowest BCUT2D eigenvalue weighted by Gasteiger charge is -2.23. The van der Waals surface area contributed by atoms with Crippen LogP contribution in [0.1, 0.15) is 31.4 Å². The SMILES string of the molecule is CCC(=O)NCCN(C(C)=O)c1ccc(C)cc1C. The van der Waals surface area contributed by atoms with E-state index < -0.39 is 0 Å². The minimum absolute atomic E-state index is 0.00382. The van der Waals surface area contributed by atoms with Crippen molar-refractivity contribution in [3.05, 3.63) is 29.3 Å². The average molecular weight is 262 g/mol. The normalized spacial score (nSPS) is 10.1. The van der Waals surface area contributed by atoms with E-state index in [2.05, 4.69) is 11.4 Å². The van der Waals surface area contributed by atoms with E-state index in [1.807, 2.05) is 32.9 Å². The number of benzene rings is 1. The molecule has 1 rings (SSSR count). The molecule has 1 aromatic rings. The van der Waals surface area contributed by atoms with E-state index in [9.17, 15) is 9.59 Å². The second-order valence-corrected chi connectivity index (χ2v) is 4.66. The smallest absolute Gasteiger partial charge is 0.223 e. The summed E-state index contributed by atoms with van der Waals surface area (Å²) in [6.45, 7) is 8.33. The predicted molar refractivity (Wildman–Crippen MR) is 77.2 cm³/mol. The molecule has 0 aromatic heterocycles. The van der Waals surface area contributed by atoms with E-state index in [1.54, 1.807) is 11.8 Å². The van der Waals surface area contributed by atoms with Crippen LogP contribution in [0, 0.1) is 13.8 Å². The molecular formula is C15H22N2O2. The predicted octanol–water partition coefficient (Wildman–Crippen LogP) is 2.18. The Bertz CT molecular complexity index is 469. The van der Waals surface area contributed by atoms with Crippen molar-refractivity contribution in [3.63, 3.8) is 0 Å². The van der Waals surface area contributed by atoms with Gasteiger partial charge in [0.25, 0.3) is 0 Å². The van der Waals surface area contributed by atoms with E-state index in [0.717, 1.165) is 11.3 Å². The molecule has 0 spiro atoms. The third kappa shape index (κ3) is 4.39. The molecule has 4 heteroatoms. The second-order valence-electron chi connectivity index (χ2n) is 4.66. The topological polar surface area (TPSA) is 49.4 Å². The monoisotopic (exact) mass is 262 g/mol. The van der Waals surface area contributed by atoms with Gasteiger partial charge in [-0.3, -0.25) is 9.59 Å². The van der Waals surface area contributed by atoms with Gasteiger partial charge in [-0.05, 0) is 25.5 Å². The van der Waals surface area contributed by atoms with Gasteiger partial charge in [0.1, 0.15) is 0 Å². The van der Waals surface area contributed by atoms with Crippen molar-refractivity contribution in [1.29, 1.82) is 0 Å². The molecule has 4 nitrogen and oxygen atoms in total. The summed E-state index contributed by atoms with van der Waals surface area (Å²) in [4.78, 5) is 24.6. The summed E-state index contributed by atoms with van der Waals surface area (Å²) >= 11 is 0. The van der Waals surface area contributed by atoms with Crippen molar-refractivity contribution in [2.24, 2.45) is 0 Å². The molecule has 0 atom stereocenters. The molecule has 0 aliphatic rings. The Balaban J connectivity index is 2.77. The van der Waals surface area contributed by atoms with E-state index in [4.69, 9.17) is 0 Å². The van der Waals surface area contributed by atoms with Crippen LogP contribution in [-0.2, 0) is 9.59 Å². The van der Waals surface area contributed by atoms with Crippen molar-refractivity contribution in [3.8, 4) is 0 Å². The summed E-state index contributed by atoms with van der Waals surface area (Å²) in [5.74, 6) is -0.0122. The van der Waals surface area contributed by atoms with E-state index in [0.29, 0.717) is 19.5 Å². The highest BCUT2D eigenvalue weighted by molar-refractivity contribution is 5.92. The quantitative estimate of drug-likeness (QED) is 0.884.